The first-order valence-corrected chi connectivity index (χ1v) is 18.2. The van der Waals surface area contributed by atoms with Gasteiger partial charge in [0.1, 0.15) is 6.10 Å². The maximum atomic E-state index is 13.2. The Bertz CT molecular complexity index is 1120. The fourth-order valence-electron chi connectivity index (χ4n) is 4.09. The van der Waals surface area contributed by atoms with E-state index in [0.29, 0.717) is 12.3 Å². The van der Waals surface area contributed by atoms with Crippen LogP contribution in [0.3, 0.4) is 0 Å². The zero-order chi connectivity index (χ0) is 29.9. The Balaban J connectivity index is 2.03. The molecule has 222 valence electrons. The van der Waals surface area contributed by atoms with Crippen molar-refractivity contribution in [2.45, 2.75) is 104 Å². The van der Waals surface area contributed by atoms with Crippen molar-refractivity contribution in [2.75, 3.05) is 13.7 Å². The number of aryl methyl sites for hydroxylation is 1. The second-order valence-electron chi connectivity index (χ2n) is 12.5. The van der Waals surface area contributed by atoms with Crippen LogP contribution in [0.4, 0.5) is 0 Å². The van der Waals surface area contributed by atoms with E-state index in [1.54, 1.807) is 11.3 Å². The van der Waals surface area contributed by atoms with Gasteiger partial charge >= 0.3 is 5.97 Å². The van der Waals surface area contributed by atoms with Gasteiger partial charge in [0.05, 0.1) is 10.7 Å². The second-order valence-corrected chi connectivity index (χ2v) is 18.4. The molecule has 7 heteroatoms. The van der Waals surface area contributed by atoms with Crippen LogP contribution in [0, 0.1) is 12.8 Å². The van der Waals surface area contributed by atoms with Crippen LogP contribution >= 0.6 is 11.3 Å². The summed E-state index contributed by atoms with van der Waals surface area (Å²) < 4.78 is 18.0. The van der Waals surface area contributed by atoms with Gasteiger partial charge < -0.3 is 13.9 Å². The maximum absolute atomic E-state index is 13.2. The summed E-state index contributed by atoms with van der Waals surface area (Å²) in [5.74, 6) is 0.147. The maximum Gasteiger partial charge on any atom is 0.340 e. The van der Waals surface area contributed by atoms with Gasteiger partial charge in [0.25, 0.3) is 0 Å². The Kier molecular flexibility index (Phi) is 13.5. The molecule has 0 aliphatic rings. The van der Waals surface area contributed by atoms with Gasteiger partial charge in [-0.3, -0.25) is 0 Å². The molecule has 1 aromatic carbocycles. The SMILES string of the molecule is CO[C@@H](C(=O)O[C@@H](CC=C(C)CCCC(C)CO[Si](C)(C)C(C)(C)C)C(C)=Cc1csc(C)n1)c1ccccc1. The number of rotatable bonds is 15. The second kappa shape index (κ2) is 15.8. The lowest BCUT2D eigenvalue weighted by atomic mass is 10.00. The minimum absolute atomic E-state index is 0.237. The Labute approximate surface area is 248 Å². The molecule has 3 atom stereocenters. The van der Waals surface area contributed by atoms with E-state index in [0.717, 1.165) is 47.7 Å². The van der Waals surface area contributed by atoms with Gasteiger partial charge in [-0.25, -0.2) is 9.78 Å². The minimum Gasteiger partial charge on any atom is -0.455 e. The average Bonchev–Trinajstić information content (AvgIpc) is 3.29. The van der Waals surface area contributed by atoms with Crippen molar-refractivity contribution in [1.29, 1.82) is 0 Å². The van der Waals surface area contributed by atoms with Crippen LogP contribution in [0.25, 0.3) is 6.08 Å². The molecule has 40 heavy (non-hydrogen) atoms. The van der Waals surface area contributed by atoms with Crippen LogP contribution in [0.1, 0.15) is 89.6 Å². The molecule has 0 aliphatic heterocycles. The number of carbonyl (C=O) groups is 1. The molecular weight excluding hydrogens is 535 g/mol. The van der Waals surface area contributed by atoms with E-state index in [2.05, 4.69) is 58.8 Å². The van der Waals surface area contributed by atoms with Gasteiger partial charge in [0.15, 0.2) is 14.4 Å². The van der Waals surface area contributed by atoms with Crippen molar-refractivity contribution in [3.05, 3.63) is 69.2 Å². The Morgan fingerprint density at radius 1 is 1.15 bits per heavy atom. The van der Waals surface area contributed by atoms with Crippen molar-refractivity contribution >= 4 is 31.7 Å². The van der Waals surface area contributed by atoms with Gasteiger partial charge in [0, 0.05) is 25.5 Å². The molecule has 0 saturated carbocycles. The van der Waals surface area contributed by atoms with E-state index in [-0.39, 0.29) is 11.0 Å². The third-order valence-corrected chi connectivity index (χ3v) is 13.1. The highest BCUT2D eigenvalue weighted by Crippen LogP contribution is 2.37. The summed E-state index contributed by atoms with van der Waals surface area (Å²) in [6, 6.07) is 9.48. The van der Waals surface area contributed by atoms with E-state index in [4.69, 9.17) is 13.9 Å². The lowest BCUT2D eigenvalue weighted by Gasteiger charge is -2.37. The van der Waals surface area contributed by atoms with Crippen LogP contribution in [-0.2, 0) is 18.7 Å². The molecule has 2 aromatic rings. The normalized spacial score (nSPS) is 15.6. The minimum atomic E-state index is -1.71. The highest BCUT2D eigenvalue weighted by atomic mass is 32.1. The molecule has 0 N–H and O–H groups in total. The fraction of sp³-hybridized carbons (Fsp3) is 0.576. The predicted molar refractivity (Wildman–Crippen MR) is 171 cm³/mol. The molecule has 0 saturated heterocycles. The fourth-order valence-corrected chi connectivity index (χ4v) is 5.79. The summed E-state index contributed by atoms with van der Waals surface area (Å²) in [5, 5.41) is 3.27. The highest BCUT2D eigenvalue weighted by Gasteiger charge is 2.37. The summed E-state index contributed by atoms with van der Waals surface area (Å²) in [5.41, 5.74) is 3.94. The van der Waals surface area contributed by atoms with E-state index < -0.39 is 20.5 Å². The van der Waals surface area contributed by atoms with Crippen LogP contribution in [-0.4, -0.2) is 39.1 Å². The average molecular weight is 586 g/mol. The Morgan fingerprint density at radius 2 is 1.82 bits per heavy atom. The van der Waals surface area contributed by atoms with Crippen LogP contribution in [0.2, 0.25) is 18.1 Å². The number of benzene rings is 1. The molecule has 0 spiro atoms. The third kappa shape index (κ3) is 11.1. The summed E-state index contributed by atoms with van der Waals surface area (Å²) >= 11 is 1.61. The molecule has 0 aliphatic carbocycles. The number of hydrogen-bond donors (Lipinski definition) is 0. The van der Waals surface area contributed by atoms with E-state index >= 15 is 0 Å². The van der Waals surface area contributed by atoms with Crippen LogP contribution in [0.5, 0.6) is 0 Å². The highest BCUT2D eigenvalue weighted by molar-refractivity contribution is 7.09. The molecular formula is C33H51NO4SSi. The quantitative estimate of drug-likeness (QED) is 0.118. The summed E-state index contributed by atoms with van der Waals surface area (Å²) in [4.78, 5) is 17.8. The summed E-state index contributed by atoms with van der Waals surface area (Å²) in [6.07, 6.45) is 6.93. The molecule has 1 unspecified atom stereocenters. The summed E-state index contributed by atoms with van der Waals surface area (Å²) in [7, 11) is -0.170. The third-order valence-electron chi connectivity index (χ3n) is 7.81. The van der Waals surface area contributed by atoms with Gasteiger partial charge in [-0.15, -0.1) is 11.3 Å². The topological polar surface area (TPSA) is 57.7 Å². The van der Waals surface area contributed by atoms with Gasteiger partial charge in [-0.2, -0.15) is 0 Å². The van der Waals surface area contributed by atoms with E-state index in [1.165, 1.54) is 12.7 Å². The number of esters is 1. The number of methoxy groups -OCH3 is 1. The number of hydrogen-bond acceptors (Lipinski definition) is 6. The van der Waals surface area contributed by atoms with Crippen molar-refractivity contribution in [3.63, 3.8) is 0 Å². The molecule has 1 aromatic heterocycles. The molecule has 5 nitrogen and oxygen atoms in total. The number of ether oxygens (including phenoxy) is 2. The lowest BCUT2D eigenvalue weighted by molar-refractivity contribution is -0.159. The van der Waals surface area contributed by atoms with Crippen molar-refractivity contribution in [2.24, 2.45) is 5.92 Å². The smallest absolute Gasteiger partial charge is 0.340 e. The van der Waals surface area contributed by atoms with Gasteiger partial charge in [-0.1, -0.05) is 69.7 Å². The number of aromatic nitrogens is 1. The monoisotopic (exact) mass is 585 g/mol. The zero-order valence-corrected chi connectivity index (χ0v) is 28.2. The van der Waals surface area contributed by atoms with E-state index in [1.807, 2.05) is 55.6 Å². The van der Waals surface area contributed by atoms with Crippen LogP contribution < -0.4 is 0 Å². The molecule has 0 radical (unpaired) electrons. The standard InChI is InChI=1S/C33H51NO4SSi/c1-24(15-14-16-25(2)22-37-40(9,10)33(5,6)7)19-20-30(26(3)21-29-23-39-27(4)34-29)38-32(35)31(36-8)28-17-12-11-13-18-28/h11-13,17-19,21,23,25,30-31H,14-16,20,22H2,1-10H3/t25?,30-,31+/m0/s1. The summed E-state index contributed by atoms with van der Waals surface area (Å²) in [6.45, 7) is 20.8. The first-order valence-electron chi connectivity index (χ1n) is 14.4. The number of allylic oxidation sites excluding steroid dienone is 1. The van der Waals surface area contributed by atoms with Crippen molar-refractivity contribution < 1.29 is 18.7 Å². The number of nitrogens with zero attached hydrogens (tertiary/aromatic N) is 1. The number of carbonyl (C=O) groups excluding carboxylic acids is 1. The molecule has 0 bridgehead atoms. The van der Waals surface area contributed by atoms with Crippen molar-refractivity contribution in [3.8, 4) is 0 Å². The Hall–Kier alpha value is -2.06. The van der Waals surface area contributed by atoms with Gasteiger partial charge in [-0.05, 0) is 81.3 Å². The first kappa shape index (κ1) is 34.1. The molecule has 2 rings (SSSR count). The Morgan fingerprint density at radius 3 is 2.40 bits per heavy atom. The largest absolute Gasteiger partial charge is 0.455 e. The van der Waals surface area contributed by atoms with Crippen LogP contribution in [0.15, 0.2) is 52.9 Å². The van der Waals surface area contributed by atoms with Gasteiger partial charge in [0.2, 0.25) is 0 Å². The van der Waals surface area contributed by atoms with Crippen molar-refractivity contribution in [1.82, 2.24) is 4.98 Å². The predicted octanol–water partition coefficient (Wildman–Crippen LogP) is 9.32. The van der Waals surface area contributed by atoms with E-state index in [9.17, 15) is 4.79 Å². The molecule has 0 fully saturated rings. The molecule has 1 heterocycles. The first-order chi connectivity index (χ1) is 18.7. The number of thiazole rings is 1. The lowest BCUT2D eigenvalue weighted by Crippen LogP contribution is -2.41. The molecule has 0 amide bonds. The zero-order valence-electron chi connectivity index (χ0n) is 26.4.